The lowest BCUT2D eigenvalue weighted by molar-refractivity contribution is -0.141. The van der Waals surface area contributed by atoms with Crippen LogP contribution in [0.4, 0.5) is 0 Å². The SMILES string of the molecule is COc1ccc(C2(C(C#N)C(=O)O)CCc3cc(Cl)ccc32)cc1. The second-order valence-corrected chi connectivity index (χ2v) is 6.34. The zero-order valence-electron chi connectivity index (χ0n) is 13.1. The molecule has 5 heteroatoms. The van der Waals surface area contributed by atoms with Crippen molar-refractivity contribution in [3.63, 3.8) is 0 Å². The van der Waals surface area contributed by atoms with Gasteiger partial charge in [0, 0.05) is 10.4 Å². The number of ether oxygens (including phenoxy) is 1. The van der Waals surface area contributed by atoms with Crippen molar-refractivity contribution in [1.29, 1.82) is 5.26 Å². The molecule has 0 radical (unpaired) electrons. The quantitative estimate of drug-likeness (QED) is 0.918. The van der Waals surface area contributed by atoms with E-state index in [1.165, 1.54) is 0 Å². The molecular formula is C19H16ClNO3. The lowest BCUT2D eigenvalue weighted by atomic mass is 9.67. The lowest BCUT2D eigenvalue weighted by Gasteiger charge is -2.33. The Labute approximate surface area is 145 Å². The number of halogens is 1. The van der Waals surface area contributed by atoms with Crippen LogP contribution in [0, 0.1) is 17.2 Å². The summed E-state index contributed by atoms with van der Waals surface area (Å²) in [5.41, 5.74) is 1.79. The predicted octanol–water partition coefficient (Wildman–Crippen LogP) is 3.81. The number of carbonyl (C=O) groups is 1. The summed E-state index contributed by atoms with van der Waals surface area (Å²) < 4.78 is 5.19. The first kappa shape index (κ1) is 16.4. The predicted molar refractivity (Wildman–Crippen MR) is 90.3 cm³/mol. The van der Waals surface area contributed by atoms with Crippen LogP contribution in [0.1, 0.15) is 23.1 Å². The van der Waals surface area contributed by atoms with Crippen molar-refractivity contribution >= 4 is 17.6 Å². The normalized spacial score (nSPS) is 20.0. The molecule has 0 saturated heterocycles. The van der Waals surface area contributed by atoms with Crippen molar-refractivity contribution in [3.8, 4) is 11.8 Å². The molecule has 1 aliphatic carbocycles. The number of aliphatic carboxylic acids is 1. The van der Waals surface area contributed by atoms with E-state index in [4.69, 9.17) is 16.3 Å². The van der Waals surface area contributed by atoms with Gasteiger partial charge in [0.1, 0.15) is 5.75 Å². The Bertz CT molecular complexity index is 825. The zero-order chi connectivity index (χ0) is 17.3. The molecule has 1 N–H and O–H groups in total. The zero-order valence-corrected chi connectivity index (χ0v) is 13.9. The van der Waals surface area contributed by atoms with Crippen molar-refractivity contribution in [2.75, 3.05) is 7.11 Å². The number of aryl methyl sites for hydroxylation is 1. The van der Waals surface area contributed by atoms with Gasteiger partial charge >= 0.3 is 5.97 Å². The maximum atomic E-state index is 11.8. The first-order chi connectivity index (χ1) is 11.5. The Morgan fingerprint density at radius 2 is 2.04 bits per heavy atom. The molecule has 2 atom stereocenters. The van der Waals surface area contributed by atoms with Gasteiger partial charge in [-0.15, -0.1) is 0 Å². The van der Waals surface area contributed by atoms with Gasteiger partial charge in [0.2, 0.25) is 0 Å². The highest BCUT2D eigenvalue weighted by Gasteiger charge is 2.50. The van der Waals surface area contributed by atoms with Gasteiger partial charge in [0.15, 0.2) is 5.92 Å². The fourth-order valence-corrected chi connectivity index (χ4v) is 3.90. The topological polar surface area (TPSA) is 70.3 Å². The molecule has 2 unspecified atom stereocenters. The van der Waals surface area contributed by atoms with E-state index in [1.807, 2.05) is 30.3 Å². The molecule has 0 aliphatic heterocycles. The average molecular weight is 342 g/mol. The average Bonchev–Trinajstić information content (AvgIpc) is 2.94. The van der Waals surface area contributed by atoms with Crippen LogP contribution in [-0.2, 0) is 16.6 Å². The summed E-state index contributed by atoms with van der Waals surface area (Å²) in [6, 6.07) is 14.7. The Hall–Kier alpha value is -2.51. The molecule has 24 heavy (non-hydrogen) atoms. The number of nitriles is 1. The minimum Gasteiger partial charge on any atom is -0.497 e. The van der Waals surface area contributed by atoms with E-state index in [2.05, 4.69) is 0 Å². The van der Waals surface area contributed by atoms with E-state index >= 15 is 0 Å². The number of hydrogen-bond donors (Lipinski definition) is 1. The lowest BCUT2D eigenvalue weighted by Crippen LogP contribution is -2.38. The number of nitrogens with zero attached hydrogens (tertiary/aromatic N) is 1. The van der Waals surface area contributed by atoms with Crippen LogP contribution in [0.25, 0.3) is 0 Å². The maximum absolute atomic E-state index is 11.8. The van der Waals surface area contributed by atoms with Gasteiger partial charge < -0.3 is 9.84 Å². The Morgan fingerprint density at radius 3 is 2.62 bits per heavy atom. The number of carboxylic acid groups (broad SMARTS) is 1. The number of carboxylic acids is 1. The van der Waals surface area contributed by atoms with E-state index in [0.29, 0.717) is 23.6 Å². The molecule has 0 amide bonds. The van der Waals surface area contributed by atoms with Crippen LogP contribution in [0.15, 0.2) is 42.5 Å². The molecule has 1 aliphatic rings. The Morgan fingerprint density at radius 1 is 1.33 bits per heavy atom. The molecule has 2 aromatic rings. The van der Waals surface area contributed by atoms with Gasteiger partial charge in [-0.05, 0) is 53.8 Å². The van der Waals surface area contributed by atoms with E-state index in [1.54, 1.807) is 25.3 Å². The van der Waals surface area contributed by atoms with Gasteiger partial charge in [-0.25, -0.2) is 0 Å². The summed E-state index contributed by atoms with van der Waals surface area (Å²) in [4.78, 5) is 11.8. The van der Waals surface area contributed by atoms with Crippen LogP contribution < -0.4 is 4.74 Å². The first-order valence-electron chi connectivity index (χ1n) is 7.59. The Balaban J connectivity index is 2.24. The molecule has 0 heterocycles. The largest absolute Gasteiger partial charge is 0.497 e. The highest BCUT2D eigenvalue weighted by atomic mass is 35.5. The van der Waals surface area contributed by atoms with Crippen LogP contribution >= 0.6 is 11.6 Å². The number of methoxy groups -OCH3 is 1. The van der Waals surface area contributed by atoms with Gasteiger partial charge in [-0.1, -0.05) is 29.8 Å². The standard InChI is InChI=1S/C19H16ClNO3/c1-24-15-5-2-13(3-6-15)19(17(11-21)18(22)23)9-8-12-10-14(20)4-7-16(12)19/h2-7,10,17H,8-9H2,1H3,(H,22,23). The summed E-state index contributed by atoms with van der Waals surface area (Å²) in [6.07, 6.45) is 1.24. The molecule has 2 aromatic carbocycles. The second-order valence-electron chi connectivity index (χ2n) is 5.90. The van der Waals surface area contributed by atoms with Gasteiger partial charge in [-0.3, -0.25) is 4.79 Å². The number of benzene rings is 2. The monoisotopic (exact) mass is 341 g/mol. The fourth-order valence-electron chi connectivity index (χ4n) is 3.70. The summed E-state index contributed by atoms with van der Waals surface area (Å²) in [5, 5.41) is 19.9. The van der Waals surface area contributed by atoms with Crippen molar-refractivity contribution in [1.82, 2.24) is 0 Å². The van der Waals surface area contributed by atoms with E-state index in [0.717, 1.165) is 16.7 Å². The minimum absolute atomic E-state index is 0.555. The molecule has 0 bridgehead atoms. The van der Waals surface area contributed by atoms with Crippen LogP contribution in [0.5, 0.6) is 5.75 Å². The highest BCUT2D eigenvalue weighted by molar-refractivity contribution is 6.30. The molecule has 0 saturated carbocycles. The third kappa shape index (κ3) is 2.42. The number of rotatable bonds is 4. The maximum Gasteiger partial charge on any atom is 0.322 e. The van der Waals surface area contributed by atoms with E-state index in [-0.39, 0.29) is 0 Å². The van der Waals surface area contributed by atoms with Gasteiger partial charge in [0.05, 0.1) is 13.2 Å². The summed E-state index contributed by atoms with van der Waals surface area (Å²) in [7, 11) is 1.58. The molecule has 0 fully saturated rings. The minimum atomic E-state index is -1.17. The molecular weight excluding hydrogens is 326 g/mol. The second kappa shape index (κ2) is 6.18. The molecule has 0 aromatic heterocycles. The fraction of sp³-hybridized carbons (Fsp3) is 0.263. The smallest absolute Gasteiger partial charge is 0.322 e. The third-order valence-corrected chi connectivity index (χ3v) is 5.05. The third-order valence-electron chi connectivity index (χ3n) is 4.81. The van der Waals surface area contributed by atoms with Crippen molar-refractivity contribution in [3.05, 3.63) is 64.2 Å². The van der Waals surface area contributed by atoms with Crippen LogP contribution in [0.2, 0.25) is 5.02 Å². The van der Waals surface area contributed by atoms with Gasteiger partial charge in [-0.2, -0.15) is 5.26 Å². The van der Waals surface area contributed by atoms with Crippen molar-refractivity contribution in [2.24, 2.45) is 5.92 Å². The van der Waals surface area contributed by atoms with Crippen molar-refractivity contribution < 1.29 is 14.6 Å². The van der Waals surface area contributed by atoms with Crippen molar-refractivity contribution in [2.45, 2.75) is 18.3 Å². The summed E-state index contributed by atoms with van der Waals surface area (Å²) >= 11 is 6.08. The molecule has 3 rings (SSSR count). The first-order valence-corrected chi connectivity index (χ1v) is 7.96. The molecule has 122 valence electrons. The molecule has 0 spiro atoms. The van der Waals surface area contributed by atoms with E-state index in [9.17, 15) is 15.2 Å². The van der Waals surface area contributed by atoms with E-state index < -0.39 is 17.3 Å². The van der Waals surface area contributed by atoms with Crippen LogP contribution in [-0.4, -0.2) is 18.2 Å². The number of fused-ring (bicyclic) bond motifs is 1. The van der Waals surface area contributed by atoms with Gasteiger partial charge in [0.25, 0.3) is 0 Å². The summed E-state index contributed by atoms with van der Waals surface area (Å²) in [5.74, 6) is -1.60. The summed E-state index contributed by atoms with van der Waals surface area (Å²) in [6.45, 7) is 0. The van der Waals surface area contributed by atoms with Crippen LogP contribution in [0.3, 0.4) is 0 Å². The molecule has 4 nitrogen and oxygen atoms in total. The highest BCUT2D eigenvalue weighted by Crippen LogP contribution is 2.50. The number of hydrogen-bond acceptors (Lipinski definition) is 3. The Kier molecular flexibility index (Phi) is 4.21.